The van der Waals surface area contributed by atoms with E-state index in [2.05, 4.69) is 16.0 Å². The quantitative estimate of drug-likeness (QED) is 0.416. The van der Waals surface area contributed by atoms with Crippen LogP contribution in [0.15, 0.2) is 9.98 Å². The number of rotatable bonds is 6. The van der Waals surface area contributed by atoms with E-state index in [0.717, 1.165) is 0 Å². The summed E-state index contributed by atoms with van der Waals surface area (Å²) in [6.45, 7) is 2.47. The summed E-state index contributed by atoms with van der Waals surface area (Å²) in [5.41, 5.74) is 0. The summed E-state index contributed by atoms with van der Waals surface area (Å²) < 4.78 is 9.54. The average Bonchev–Trinajstić information content (AvgIpc) is 2.03. The molecule has 0 bridgehead atoms. The van der Waals surface area contributed by atoms with Gasteiger partial charge in [0.25, 0.3) is 0 Å². The molecular weight excluding hydrogens is 144 g/mol. The molecule has 0 aromatic carbocycles. The Morgan fingerprint density at radius 3 is 1.82 bits per heavy atom. The molecular formula is C7H14N2O2. The monoisotopic (exact) mass is 158 g/mol. The zero-order valence-corrected chi connectivity index (χ0v) is 7.04. The highest BCUT2D eigenvalue weighted by Gasteiger charge is 1.76. The van der Waals surface area contributed by atoms with E-state index in [1.54, 1.807) is 14.2 Å². The van der Waals surface area contributed by atoms with Crippen LogP contribution in [0, 0.1) is 0 Å². The molecule has 4 heteroatoms. The standard InChI is InChI=1S/C7H14N2O2/c1-10-5-3-8-7-9-4-6-11-2/h3-6H2,1-2H3. The third kappa shape index (κ3) is 9.30. The highest BCUT2D eigenvalue weighted by molar-refractivity contribution is 5.40. The van der Waals surface area contributed by atoms with Gasteiger partial charge in [-0.25, -0.2) is 9.98 Å². The Labute approximate surface area is 66.9 Å². The highest BCUT2D eigenvalue weighted by Crippen LogP contribution is 1.71. The molecule has 11 heavy (non-hydrogen) atoms. The summed E-state index contributed by atoms with van der Waals surface area (Å²) in [5.74, 6) is 0. The number of methoxy groups -OCH3 is 2. The van der Waals surface area contributed by atoms with Gasteiger partial charge in [0.15, 0.2) is 0 Å². The highest BCUT2D eigenvalue weighted by atomic mass is 16.5. The van der Waals surface area contributed by atoms with Gasteiger partial charge >= 0.3 is 0 Å². The number of hydrogen-bond acceptors (Lipinski definition) is 4. The Morgan fingerprint density at radius 1 is 1.00 bits per heavy atom. The predicted molar refractivity (Wildman–Crippen MR) is 43.3 cm³/mol. The van der Waals surface area contributed by atoms with Crippen LogP contribution in [0.3, 0.4) is 0 Å². The first-order valence-electron chi connectivity index (χ1n) is 3.47. The molecule has 0 aliphatic rings. The summed E-state index contributed by atoms with van der Waals surface area (Å²) in [4.78, 5) is 7.67. The Bertz CT molecular complexity index is 118. The molecule has 0 fully saturated rings. The van der Waals surface area contributed by atoms with Gasteiger partial charge in [-0.2, -0.15) is 0 Å². The third-order valence-corrected chi connectivity index (χ3v) is 0.956. The van der Waals surface area contributed by atoms with E-state index in [4.69, 9.17) is 9.47 Å². The zero-order valence-electron chi connectivity index (χ0n) is 7.04. The van der Waals surface area contributed by atoms with E-state index in [1.165, 1.54) is 0 Å². The molecule has 0 heterocycles. The zero-order chi connectivity index (χ0) is 8.36. The fraction of sp³-hybridized carbons (Fsp3) is 0.857. The lowest BCUT2D eigenvalue weighted by molar-refractivity contribution is 0.207. The van der Waals surface area contributed by atoms with E-state index >= 15 is 0 Å². The Balaban J connectivity index is 3.17. The van der Waals surface area contributed by atoms with Gasteiger partial charge in [0.1, 0.15) is 0 Å². The summed E-state index contributed by atoms with van der Waals surface area (Å²) in [7, 11) is 3.27. The van der Waals surface area contributed by atoms with Crippen molar-refractivity contribution in [2.24, 2.45) is 9.98 Å². The first-order valence-corrected chi connectivity index (χ1v) is 3.47. The maximum absolute atomic E-state index is 4.77. The van der Waals surface area contributed by atoms with Crippen LogP contribution in [0.4, 0.5) is 0 Å². The first kappa shape index (κ1) is 10.3. The SMILES string of the molecule is COCCN=C=NCCOC. The summed E-state index contributed by atoms with van der Waals surface area (Å²) in [6, 6.07) is 2.54. The molecule has 0 saturated heterocycles. The van der Waals surface area contributed by atoms with Crippen molar-refractivity contribution in [2.45, 2.75) is 0 Å². The van der Waals surface area contributed by atoms with Crippen molar-refractivity contribution in [3.05, 3.63) is 0 Å². The lowest BCUT2D eigenvalue weighted by Crippen LogP contribution is -1.93. The molecule has 0 aromatic heterocycles. The van der Waals surface area contributed by atoms with Gasteiger partial charge in [-0.1, -0.05) is 0 Å². The van der Waals surface area contributed by atoms with Crippen molar-refractivity contribution in [2.75, 3.05) is 40.5 Å². The maximum atomic E-state index is 4.77. The average molecular weight is 158 g/mol. The van der Waals surface area contributed by atoms with Crippen LogP contribution in [-0.4, -0.2) is 46.5 Å². The minimum Gasteiger partial charge on any atom is -0.383 e. The second-order valence-corrected chi connectivity index (χ2v) is 1.85. The molecule has 0 aliphatic carbocycles. The molecule has 0 amide bonds. The first-order chi connectivity index (χ1) is 5.41. The van der Waals surface area contributed by atoms with Crippen molar-refractivity contribution in [3.8, 4) is 0 Å². The number of nitrogens with zero attached hydrogens (tertiary/aromatic N) is 2. The van der Waals surface area contributed by atoms with Crippen LogP contribution in [0.25, 0.3) is 0 Å². The van der Waals surface area contributed by atoms with Crippen LogP contribution in [0.5, 0.6) is 0 Å². The van der Waals surface area contributed by atoms with Crippen LogP contribution in [0.2, 0.25) is 0 Å². The van der Waals surface area contributed by atoms with Crippen LogP contribution in [-0.2, 0) is 9.47 Å². The second-order valence-electron chi connectivity index (χ2n) is 1.85. The van der Waals surface area contributed by atoms with Crippen molar-refractivity contribution < 1.29 is 9.47 Å². The topological polar surface area (TPSA) is 43.2 Å². The van der Waals surface area contributed by atoms with E-state index in [9.17, 15) is 0 Å². The van der Waals surface area contributed by atoms with Gasteiger partial charge in [0.2, 0.25) is 0 Å². The number of aliphatic imine (C=N–C) groups is 2. The summed E-state index contributed by atoms with van der Waals surface area (Å²) in [6.07, 6.45) is 0. The van der Waals surface area contributed by atoms with Crippen LogP contribution >= 0.6 is 0 Å². The van der Waals surface area contributed by atoms with E-state index in [1.807, 2.05) is 0 Å². The fourth-order valence-corrected chi connectivity index (χ4v) is 0.424. The molecule has 0 aromatic rings. The molecule has 0 spiro atoms. The van der Waals surface area contributed by atoms with E-state index < -0.39 is 0 Å². The molecule has 4 nitrogen and oxygen atoms in total. The van der Waals surface area contributed by atoms with Crippen molar-refractivity contribution in [1.29, 1.82) is 0 Å². The second kappa shape index (κ2) is 9.30. The van der Waals surface area contributed by atoms with Gasteiger partial charge < -0.3 is 9.47 Å². The normalized spacial score (nSPS) is 8.91. The van der Waals surface area contributed by atoms with Gasteiger partial charge in [-0.05, 0) is 0 Å². The molecule has 0 saturated carbocycles. The van der Waals surface area contributed by atoms with E-state index in [0.29, 0.717) is 26.3 Å². The van der Waals surface area contributed by atoms with Crippen LogP contribution in [0.1, 0.15) is 0 Å². The smallest absolute Gasteiger partial charge is 0.0894 e. The van der Waals surface area contributed by atoms with Crippen molar-refractivity contribution in [1.82, 2.24) is 0 Å². The summed E-state index contributed by atoms with van der Waals surface area (Å²) >= 11 is 0. The Kier molecular flexibility index (Phi) is 8.71. The molecule has 0 unspecified atom stereocenters. The van der Waals surface area contributed by atoms with Crippen molar-refractivity contribution in [3.63, 3.8) is 0 Å². The maximum Gasteiger partial charge on any atom is 0.0894 e. The fourth-order valence-electron chi connectivity index (χ4n) is 0.424. The predicted octanol–water partition coefficient (Wildman–Crippen LogP) is 0.453. The third-order valence-electron chi connectivity index (χ3n) is 0.956. The number of ether oxygens (including phenoxy) is 2. The van der Waals surface area contributed by atoms with Gasteiger partial charge in [0, 0.05) is 14.2 Å². The molecule has 64 valence electrons. The Hall–Kier alpha value is -0.700. The minimum absolute atomic E-state index is 0.618. The molecule has 0 aliphatic heterocycles. The molecule has 0 atom stereocenters. The number of hydrogen-bond donors (Lipinski definition) is 0. The van der Waals surface area contributed by atoms with Crippen molar-refractivity contribution >= 4 is 6.01 Å². The Morgan fingerprint density at radius 2 is 1.45 bits per heavy atom. The summed E-state index contributed by atoms with van der Waals surface area (Å²) in [5, 5.41) is 0. The lowest BCUT2D eigenvalue weighted by atomic mass is 10.7. The largest absolute Gasteiger partial charge is 0.383 e. The molecule has 0 rings (SSSR count). The van der Waals surface area contributed by atoms with E-state index in [-0.39, 0.29) is 0 Å². The van der Waals surface area contributed by atoms with Gasteiger partial charge in [0.05, 0.1) is 32.3 Å². The van der Waals surface area contributed by atoms with Gasteiger partial charge in [-0.3, -0.25) is 0 Å². The minimum atomic E-state index is 0.618. The molecule has 0 N–H and O–H groups in total. The van der Waals surface area contributed by atoms with Crippen LogP contribution < -0.4 is 0 Å². The lowest BCUT2D eigenvalue weighted by Gasteiger charge is -1.88. The molecule has 0 radical (unpaired) electrons. The van der Waals surface area contributed by atoms with Gasteiger partial charge in [-0.15, -0.1) is 0 Å².